The van der Waals surface area contributed by atoms with Gasteiger partial charge in [-0.2, -0.15) is 0 Å². The number of hydrogen-bond acceptors (Lipinski definition) is 3. The highest BCUT2D eigenvalue weighted by molar-refractivity contribution is 8.01. The lowest BCUT2D eigenvalue weighted by atomic mass is 10.2. The highest BCUT2D eigenvalue weighted by Crippen LogP contribution is 2.55. The van der Waals surface area contributed by atoms with E-state index < -0.39 is 0 Å². The number of amides is 2. The van der Waals surface area contributed by atoms with Crippen LogP contribution >= 0.6 is 23.4 Å². The van der Waals surface area contributed by atoms with E-state index >= 15 is 0 Å². The number of benzene rings is 1. The van der Waals surface area contributed by atoms with Crippen molar-refractivity contribution in [1.29, 1.82) is 0 Å². The molecule has 2 amide bonds. The summed E-state index contributed by atoms with van der Waals surface area (Å²) in [5, 5.41) is 4.43. The maximum Gasteiger partial charge on any atom is 0.270 e. The average molecular weight is 430 g/mol. The van der Waals surface area contributed by atoms with Crippen molar-refractivity contribution in [2.45, 2.75) is 48.8 Å². The first-order chi connectivity index (χ1) is 14.0. The zero-order valence-electron chi connectivity index (χ0n) is 16.2. The van der Waals surface area contributed by atoms with Crippen molar-refractivity contribution in [1.82, 2.24) is 14.8 Å². The number of thioether (sulfide) groups is 1. The number of fused-ring (bicyclic) bond motifs is 1. The van der Waals surface area contributed by atoms with E-state index in [0.29, 0.717) is 40.8 Å². The standard InChI is InChI=1S/C22H24ClN3O2S/c23-16-3-1-15(2-4-16)13-24-20(27)18-7-8-19-21(28)25(11-12-26(18)19)14-22(9-10-22)29-17-5-6-17/h1-4,7-8,17H,5-6,9-14H2,(H,24,27). The molecular weight excluding hydrogens is 406 g/mol. The molecule has 0 unspecified atom stereocenters. The van der Waals surface area contributed by atoms with E-state index in [0.717, 1.165) is 17.4 Å². The molecule has 1 aromatic heterocycles. The molecule has 7 heteroatoms. The van der Waals surface area contributed by atoms with Gasteiger partial charge in [0.1, 0.15) is 11.4 Å². The number of nitrogens with zero attached hydrogens (tertiary/aromatic N) is 2. The second-order valence-electron chi connectivity index (χ2n) is 8.29. The number of rotatable bonds is 7. The monoisotopic (exact) mass is 429 g/mol. The van der Waals surface area contributed by atoms with Crippen molar-refractivity contribution in [3.63, 3.8) is 0 Å². The SMILES string of the molecule is O=C(NCc1ccc(Cl)cc1)c1ccc2n1CCN(CC1(SC3CC3)CC1)C2=O. The van der Waals surface area contributed by atoms with Gasteiger partial charge in [-0.1, -0.05) is 23.7 Å². The normalized spacial score (nSPS) is 19.8. The maximum absolute atomic E-state index is 13.0. The van der Waals surface area contributed by atoms with Gasteiger partial charge in [-0.25, -0.2) is 0 Å². The van der Waals surface area contributed by atoms with E-state index in [-0.39, 0.29) is 11.8 Å². The third-order valence-corrected chi connectivity index (χ3v) is 8.00. The average Bonchev–Trinajstić information content (AvgIpc) is 3.64. The van der Waals surface area contributed by atoms with Gasteiger partial charge in [-0.05, 0) is 55.5 Å². The van der Waals surface area contributed by atoms with Crippen LogP contribution in [0.2, 0.25) is 5.02 Å². The smallest absolute Gasteiger partial charge is 0.270 e. The van der Waals surface area contributed by atoms with Gasteiger partial charge in [0.2, 0.25) is 0 Å². The van der Waals surface area contributed by atoms with Crippen LogP contribution in [-0.4, -0.2) is 44.4 Å². The van der Waals surface area contributed by atoms with Crippen LogP contribution in [0.25, 0.3) is 0 Å². The summed E-state index contributed by atoms with van der Waals surface area (Å²) in [6, 6.07) is 11.0. The summed E-state index contributed by atoms with van der Waals surface area (Å²) in [6.07, 6.45) is 5.10. The molecule has 1 aliphatic heterocycles. The van der Waals surface area contributed by atoms with Crippen LogP contribution in [0.15, 0.2) is 36.4 Å². The predicted octanol–water partition coefficient (Wildman–Crippen LogP) is 3.96. The van der Waals surface area contributed by atoms with Crippen molar-refractivity contribution in [2.75, 3.05) is 13.1 Å². The number of halogens is 1. The van der Waals surface area contributed by atoms with Crippen molar-refractivity contribution in [2.24, 2.45) is 0 Å². The zero-order chi connectivity index (χ0) is 20.0. The van der Waals surface area contributed by atoms with Gasteiger partial charge in [0, 0.05) is 41.2 Å². The first kappa shape index (κ1) is 19.1. The fourth-order valence-electron chi connectivity index (χ4n) is 3.94. The minimum absolute atomic E-state index is 0.0515. The summed E-state index contributed by atoms with van der Waals surface area (Å²) >= 11 is 8.00. The molecule has 0 saturated heterocycles. The number of hydrogen-bond donors (Lipinski definition) is 1. The Morgan fingerprint density at radius 1 is 1.14 bits per heavy atom. The first-order valence-corrected chi connectivity index (χ1v) is 11.5. The molecule has 1 aromatic carbocycles. The summed E-state index contributed by atoms with van der Waals surface area (Å²) in [7, 11) is 0. The van der Waals surface area contributed by atoms with Gasteiger partial charge >= 0.3 is 0 Å². The molecule has 5 nitrogen and oxygen atoms in total. The molecule has 0 atom stereocenters. The third-order valence-electron chi connectivity index (χ3n) is 5.91. The van der Waals surface area contributed by atoms with Crippen molar-refractivity contribution in [3.8, 4) is 0 Å². The van der Waals surface area contributed by atoms with Crippen molar-refractivity contribution >= 4 is 35.2 Å². The molecule has 2 aliphatic carbocycles. The van der Waals surface area contributed by atoms with Crippen LogP contribution in [-0.2, 0) is 13.1 Å². The van der Waals surface area contributed by atoms with Gasteiger partial charge < -0.3 is 14.8 Å². The molecule has 3 aliphatic rings. The van der Waals surface area contributed by atoms with Gasteiger partial charge in [-0.3, -0.25) is 9.59 Å². The minimum atomic E-state index is -0.157. The lowest BCUT2D eigenvalue weighted by Gasteiger charge is -2.32. The first-order valence-electron chi connectivity index (χ1n) is 10.2. The summed E-state index contributed by atoms with van der Waals surface area (Å²) in [6.45, 7) is 2.61. The van der Waals surface area contributed by atoms with Crippen LogP contribution in [0, 0.1) is 0 Å². The summed E-state index contributed by atoms with van der Waals surface area (Å²) < 4.78 is 2.16. The Morgan fingerprint density at radius 2 is 1.90 bits per heavy atom. The van der Waals surface area contributed by atoms with Gasteiger partial charge in [0.25, 0.3) is 11.8 Å². The maximum atomic E-state index is 13.0. The Kier molecular flexibility index (Phi) is 4.87. The third kappa shape index (κ3) is 4.05. The highest BCUT2D eigenvalue weighted by atomic mass is 35.5. The highest BCUT2D eigenvalue weighted by Gasteiger charge is 2.49. The van der Waals surface area contributed by atoms with Crippen molar-refractivity contribution in [3.05, 3.63) is 58.4 Å². The number of aromatic nitrogens is 1. The lowest BCUT2D eigenvalue weighted by molar-refractivity contribution is 0.0699. The van der Waals surface area contributed by atoms with E-state index in [1.54, 1.807) is 12.1 Å². The van der Waals surface area contributed by atoms with E-state index in [1.165, 1.54) is 25.7 Å². The fourth-order valence-corrected chi connectivity index (χ4v) is 5.72. The van der Waals surface area contributed by atoms with E-state index in [4.69, 9.17) is 11.6 Å². The molecule has 2 saturated carbocycles. The molecule has 29 heavy (non-hydrogen) atoms. The predicted molar refractivity (Wildman–Crippen MR) is 116 cm³/mol. The molecular formula is C22H24ClN3O2S. The van der Waals surface area contributed by atoms with Crippen LogP contribution in [0.5, 0.6) is 0 Å². The van der Waals surface area contributed by atoms with E-state index in [9.17, 15) is 9.59 Å². The number of nitrogens with one attached hydrogen (secondary N) is 1. The van der Waals surface area contributed by atoms with Gasteiger partial charge in [-0.15, -0.1) is 11.8 Å². The molecule has 152 valence electrons. The Balaban J connectivity index is 1.24. The quantitative estimate of drug-likeness (QED) is 0.724. The van der Waals surface area contributed by atoms with Crippen LogP contribution in [0.1, 0.15) is 52.2 Å². The van der Waals surface area contributed by atoms with Crippen LogP contribution < -0.4 is 5.32 Å². The molecule has 2 heterocycles. The summed E-state index contributed by atoms with van der Waals surface area (Å²) in [5.74, 6) is -0.105. The second kappa shape index (κ2) is 7.40. The molecule has 1 N–H and O–H groups in total. The summed E-state index contributed by atoms with van der Waals surface area (Å²) in [5.41, 5.74) is 2.16. The Morgan fingerprint density at radius 3 is 2.59 bits per heavy atom. The Hall–Kier alpha value is -1.92. The molecule has 0 spiro atoms. The molecule has 2 fully saturated rings. The Bertz CT molecular complexity index is 947. The topological polar surface area (TPSA) is 54.3 Å². The Labute approximate surface area is 179 Å². The minimum Gasteiger partial charge on any atom is -0.347 e. The fraction of sp³-hybridized carbons (Fsp3) is 0.455. The lowest BCUT2D eigenvalue weighted by Crippen LogP contribution is -2.44. The van der Waals surface area contributed by atoms with Gasteiger partial charge in [0.05, 0.1) is 0 Å². The van der Waals surface area contributed by atoms with Gasteiger partial charge in [0.15, 0.2) is 0 Å². The van der Waals surface area contributed by atoms with Crippen LogP contribution in [0.4, 0.5) is 0 Å². The number of carbonyl (C=O) groups excluding carboxylic acids is 2. The largest absolute Gasteiger partial charge is 0.347 e. The van der Waals surface area contributed by atoms with E-state index in [2.05, 4.69) is 17.1 Å². The van der Waals surface area contributed by atoms with Crippen molar-refractivity contribution < 1.29 is 9.59 Å². The number of carbonyl (C=O) groups is 2. The molecule has 2 aromatic rings. The van der Waals surface area contributed by atoms with Crippen LogP contribution in [0.3, 0.4) is 0 Å². The molecule has 0 bridgehead atoms. The molecule has 5 rings (SSSR count). The van der Waals surface area contributed by atoms with E-state index in [1.807, 2.05) is 33.7 Å². The zero-order valence-corrected chi connectivity index (χ0v) is 17.8. The molecule has 0 radical (unpaired) electrons. The summed E-state index contributed by atoms with van der Waals surface area (Å²) in [4.78, 5) is 27.7. The second-order valence-corrected chi connectivity index (χ2v) is 10.5.